The van der Waals surface area contributed by atoms with Crippen LogP contribution in [0.5, 0.6) is 0 Å². The molecule has 0 fully saturated rings. The lowest BCUT2D eigenvalue weighted by Gasteiger charge is -2.22. The Labute approximate surface area is 185 Å². The van der Waals surface area contributed by atoms with Crippen LogP contribution in [0, 0.1) is 12.2 Å². The third kappa shape index (κ3) is 9.68. The van der Waals surface area contributed by atoms with Gasteiger partial charge < -0.3 is 26.0 Å². The standard InChI is InChI=1S/C18H20F3N3O2.C2H2O2.C2H6/c1-22-10-14-7-6-13(9-23-14)11-2-4-12(5-3-11)16(25)15(8-19)24-18(26)17(20)21;3-1-2-4;1-2/h2-7,9,15-17,22,25H,8,10H2,1H3,(H,24,26);3-4H;1-2H3. The van der Waals surface area contributed by atoms with Crippen molar-refractivity contribution >= 4 is 5.91 Å². The average molecular weight is 455 g/mol. The van der Waals surface area contributed by atoms with Crippen molar-refractivity contribution in [1.29, 1.82) is 0 Å². The number of amides is 1. The van der Waals surface area contributed by atoms with E-state index < -0.39 is 31.2 Å². The van der Waals surface area contributed by atoms with Crippen LogP contribution in [0.15, 0.2) is 42.6 Å². The number of alkyl halides is 3. The molecule has 0 aliphatic rings. The Balaban J connectivity index is 0.00000144. The zero-order chi connectivity index (χ0) is 24.5. The third-order valence-corrected chi connectivity index (χ3v) is 3.89. The molecule has 0 spiro atoms. The predicted molar refractivity (Wildman–Crippen MR) is 114 cm³/mol. The summed E-state index contributed by atoms with van der Waals surface area (Å²) in [5, 5.41) is 29.5. The monoisotopic (exact) mass is 455 g/mol. The SMILES string of the molecule is CC.CNCc1ccc(-c2ccc(C(O)C(CF)NC(=O)C(F)F)cc2)cn1.OC#CO. The van der Waals surface area contributed by atoms with Crippen LogP contribution in [0.25, 0.3) is 11.1 Å². The number of carbonyl (C=O) groups excluding carboxylic acids is 1. The highest BCUT2D eigenvalue weighted by atomic mass is 19.3. The van der Waals surface area contributed by atoms with E-state index >= 15 is 0 Å². The first-order valence-corrected chi connectivity index (χ1v) is 9.68. The molecule has 1 heterocycles. The molecule has 7 nitrogen and oxygen atoms in total. The van der Waals surface area contributed by atoms with E-state index in [1.54, 1.807) is 35.8 Å². The van der Waals surface area contributed by atoms with Gasteiger partial charge in [-0.3, -0.25) is 9.78 Å². The number of hydrogen-bond acceptors (Lipinski definition) is 6. The second-order valence-electron chi connectivity index (χ2n) is 5.93. The number of nitrogens with zero attached hydrogens (tertiary/aromatic N) is 1. The van der Waals surface area contributed by atoms with E-state index in [9.17, 15) is 23.1 Å². The molecule has 2 unspecified atom stereocenters. The fourth-order valence-corrected chi connectivity index (χ4v) is 2.43. The second-order valence-corrected chi connectivity index (χ2v) is 5.93. The lowest BCUT2D eigenvalue weighted by molar-refractivity contribution is -0.133. The lowest BCUT2D eigenvalue weighted by Crippen LogP contribution is -2.43. The molecule has 1 aromatic carbocycles. The summed E-state index contributed by atoms with van der Waals surface area (Å²) in [6.45, 7) is 3.48. The van der Waals surface area contributed by atoms with Crippen LogP contribution >= 0.6 is 0 Å². The molecule has 5 N–H and O–H groups in total. The molecular weight excluding hydrogens is 427 g/mol. The van der Waals surface area contributed by atoms with Crippen molar-refractivity contribution in [3.8, 4) is 23.3 Å². The first kappa shape index (κ1) is 28.7. The maximum Gasteiger partial charge on any atom is 0.315 e. The van der Waals surface area contributed by atoms with Crippen molar-refractivity contribution in [3.05, 3.63) is 53.9 Å². The highest BCUT2D eigenvalue weighted by molar-refractivity contribution is 5.79. The Hall–Kier alpha value is -3.29. The fourth-order valence-electron chi connectivity index (χ4n) is 2.43. The summed E-state index contributed by atoms with van der Waals surface area (Å²) in [6.07, 6.45) is -0.518. The van der Waals surface area contributed by atoms with Gasteiger partial charge in [-0.2, -0.15) is 8.78 Å². The van der Waals surface area contributed by atoms with E-state index in [0.29, 0.717) is 12.1 Å². The van der Waals surface area contributed by atoms with Crippen molar-refractivity contribution in [2.45, 2.75) is 39.0 Å². The number of aliphatic hydroxyl groups is 3. The Bertz CT molecular complexity index is 832. The van der Waals surface area contributed by atoms with Gasteiger partial charge in [0.25, 0.3) is 5.91 Å². The van der Waals surface area contributed by atoms with Gasteiger partial charge in [-0.15, -0.1) is 0 Å². The van der Waals surface area contributed by atoms with Gasteiger partial charge >= 0.3 is 6.43 Å². The number of carbonyl (C=O) groups is 1. The molecule has 176 valence electrons. The summed E-state index contributed by atoms with van der Waals surface area (Å²) in [5.41, 5.74) is 2.89. The molecule has 1 aromatic heterocycles. The van der Waals surface area contributed by atoms with Crippen molar-refractivity contribution < 1.29 is 33.3 Å². The van der Waals surface area contributed by atoms with Gasteiger partial charge in [0.05, 0.1) is 11.7 Å². The first-order chi connectivity index (χ1) is 15.4. The van der Waals surface area contributed by atoms with Gasteiger partial charge in [0.1, 0.15) is 12.8 Å². The number of hydrogen-bond donors (Lipinski definition) is 5. The summed E-state index contributed by atoms with van der Waals surface area (Å²) in [7, 11) is 1.83. The highest BCUT2D eigenvalue weighted by Crippen LogP contribution is 2.23. The Morgan fingerprint density at radius 3 is 2.03 bits per heavy atom. The van der Waals surface area contributed by atoms with E-state index in [-0.39, 0.29) is 0 Å². The highest BCUT2D eigenvalue weighted by Gasteiger charge is 2.26. The van der Waals surface area contributed by atoms with Gasteiger partial charge in [0.2, 0.25) is 0 Å². The Morgan fingerprint density at radius 2 is 1.62 bits per heavy atom. The summed E-state index contributed by atoms with van der Waals surface area (Å²) in [6, 6.07) is 8.86. The number of aliphatic hydroxyl groups excluding tert-OH is 3. The summed E-state index contributed by atoms with van der Waals surface area (Å²) >= 11 is 0. The molecule has 0 bridgehead atoms. The van der Waals surface area contributed by atoms with E-state index in [1.165, 1.54) is 12.2 Å². The van der Waals surface area contributed by atoms with Crippen LogP contribution in [0.4, 0.5) is 13.2 Å². The van der Waals surface area contributed by atoms with Gasteiger partial charge in [-0.25, -0.2) is 4.39 Å². The fraction of sp³-hybridized carbons (Fsp3) is 0.364. The molecule has 2 atom stereocenters. The zero-order valence-electron chi connectivity index (χ0n) is 18.0. The number of rotatable bonds is 8. The molecule has 2 aromatic rings. The second kappa shape index (κ2) is 16.4. The quantitative estimate of drug-likeness (QED) is 0.391. The van der Waals surface area contributed by atoms with Crippen molar-refractivity contribution in [1.82, 2.24) is 15.6 Å². The van der Waals surface area contributed by atoms with Crippen LogP contribution in [-0.2, 0) is 11.3 Å². The molecule has 0 saturated carbocycles. The largest absolute Gasteiger partial charge is 0.460 e. The Kier molecular flexibility index (Phi) is 14.7. The van der Waals surface area contributed by atoms with E-state index in [1.807, 2.05) is 33.0 Å². The maximum atomic E-state index is 13.0. The van der Waals surface area contributed by atoms with E-state index in [2.05, 4.69) is 10.3 Å². The smallest absolute Gasteiger partial charge is 0.315 e. The minimum Gasteiger partial charge on any atom is -0.460 e. The topological polar surface area (TPSA) is 115 Å². The van der Waals surface area contributed by atoms with Crippen LogP contribution in [0.3, 0.4) is 0 Å². The van der Waals surface area contributed by atoms with Crippen molar-refractivity contribution in [3.63, 3.8) is 0 Å². The maximum absolute atomic E-state index is 13.0. The number of nitrogens with one attached hydrogen (secondary N) is 2. The molecule has 1 amide bonds. The summed E-state index contributed by atoms with van der Waals surface area (Å²) < 4.78 is 37.6. The van der Waals surface area contributed by atoms with Gasteiger partial charge in [0.15, 0.2) is 12.2 Å². The molecule has 2 rings (SSSR count). The van der Waals surface area contributed by atoms with Crippen LogP contribution in [-0.4, -0.2) is 52.4 Å². The number of pyridine rings is 1. The van der Waals surface area contributed by atoms with Crippen LogP contribution in [0.1, 0.15) is 31.2 Å². The van der Waals surface area contributed by atoms with E-state index in [0.717, 1.165) is 16.8 Å². The molecule has 10 heteroatoms. The molecule has 0 aliphatic heterocycles. The van der Waals surface area contributed by atoms with Gasteiger partial charge in [-0.05, 0) is 24.2 Å². The van der Waals surface area contributed by atoms with Gasteiger partial charge in [-0.1, -0.05) is 44.2 Å². The summed E-state index contributed by atoms with van der Waals surface area (Å²) in [5.74, 6) is -1.61. The van der Waals surface area contributed by atoms with Crippen molar-refractivity contribution in [2.24, 2.45) is 0 Å². The molecule has 0 radical (unpaired) electrons. The summed E-state index contributed by atoms with van der Waals surface area (Å²) in [4.78, 5) is 15.3. The minimum absolute atomic E-state index is 0.311. The number of benzene rings is 1. The lowest BCUT2D eigenvalue weighted by atomic mass is 9.99. The average Bonchev–Trinajstić information content (AvgIpc) is 2.84. The molecular formula is C22H28F3N3O4. The first-order valence-electron chi connectivity index (χ1n) is 9.68. The van der Waals surface area contributed by atoms with Crippen LogP contribution in [0.2, 0.25) is 0 Å². The predicted octanol–water partition coefficient (Wildman–Crippen LogP) is 2.90. The van der Waals surface area contributed by atoms with Crippen LogP contribution < -0.4 is 10.6 Å². The zero-order valence-corrected chi connectivity index (χ0v) is 18.0. The normalized spacial score (nSPS) is 11.5. The van der Waals surface area contributed by atoms with Gasteiger partial charge in [0, 0.05) is 18.3 Å². The van der Waals surface area contributed by atoms with Crippen molar-refractivity contribution in [2.75, 3.05) is 13.7 Å². The number of halogens is 3. The molecule has 0 saturated heterocycles. The number of aromatic nitrogens is 1. The third-order valence-electron chi connectivity index (χ3n) is 3.89. The molecule has 32 heavy (non-hydrogen) atoms. The Morgan fingerprint density at radius 1 is 1.06 bits per heavy atom. The minimum atomic E-state index is -3.27. The van der Waals surface area contributed by atoms with E-state index in [4.69, 9.17) is 10.2 Å². The molecule has 0 aliphatic carbocycles.